The average Bonchev–Trinajstić information content (AvgIpc) is 2.30. The molecule has 3 nitrogen and oxygen atoms in total. The van der Waals surface area contributed by atoms with Gasteiger partial charge in [0.15, 0.2) is 0 Å². The van der Waals surface area contributed by atoms with Gasteiger partial charge in [0.25, 0.3) is 0 Å². The lowest BCUT2D eigenvalue weighted by Crippen LogP contribution is -2.21. The number of benzene rings is 1. The number of nitrogens with two attached hydrogens (primary N) is 1. The molecule has 0 saturated heterocycles. The monoisotopic (exact) mass is 223 g/mol. The number of ether oxygens (including phenoxy) is 2. The predicted molar refractivity (Wildman–Crippen MR) is 65.8 cm³/mol. The van der Waals surface area contributed by atoms with Gasteiger partial charge in [-0.25, -0.2) is 0 Å². The zero-order valence-corrected chi connectivity index (χ0v) is 10.1. The van der Waals surface area contributed by atoms with Gasteiger partial charge in [-0.05, 0) is 30.5 Å². The second kappa shape index (κ2) is 7.25. The molecule has 0 aliphatic heterocycles. The molecule has 90 valence electrons. The summed E-state index contributed by atoms with van der Waals surface area (Å²) in [6.45, 7) is 3.29. The molecule has 0 heterocycles. The molecule has 0 aliphatic carbocycles. The van der Waals surface area contributed by atoms with Gasteiger partial charge >= 0.3 is 0 Å². The minimum Gasteiger partial charge on any atom is -0.491 e. The molecule has 0 bridgehead atoms. The summed E-state index contributed by atoms with van der Waals surface area (Å²) >= 11 is 0. The van der Waals surface area contributed by atoms with E-state index in [0.29, 0.717) is 13.2 Å². The van der Waals surface area contributed by atoms with Crippen LogP contribution < -0.4 is 10.5 Å². The standard InChI is InChI=1S/C13H21NO2/c1-3-12(14)9-11-5-4-6-13(10-11)16-8-7-15-2/h4-6,10,12H,3,7-9,14H2,1-2H3. The molecule has 1 aromatic carbocycles. The average molecular weight is 223 g/mol. The van der Waals surface area contributed by atoms with E-state index in [-0.39, 0.29) is 6.04 Å². The summed E-state index contributed by atoms with van der Waals surface area (Å²) in [4.78, 5) is 0. The van der Waals surface area contributed by atoms with Gasteiger partial charge in [-0.15, -0.1) is 0 Å². The van der Waals surface area contributed by atoms with Crippen molar-refractivity contribution in [1.29, 1.82) is 0 Å². The highest BCUT2D eigenvalue weighted by Gasteiger charge is 2.02. The van der Waals surface area contributed by atoms with E-state index in [1.54, 1.807) is 7.11 Å². The Hall–Kier alpha value is -1.06. The van der Waals surface area contributed by atoms with Gasteiger partial charge in [0, 0.05) is 13.2 Å². The van der Waals surface area contributed by atoms with Crippen molar-refractivity contribution in [2.45, 2.75) is 25.8 Å². The van der Waals surface area contributed by atoms with Crippen LogP contribution in [0.2, 0.25) is 0 Å². The third-order valence-electron chi connectivity index (χ3n) is 2.48. The Balaban J connectivity index is 2.50. The van der Waals surface area contributed by atoms with Crippen molar-refractivity contribution in [3.63, 3.8) is 0 Å². The maximum atomic E-state index is 5.92. The van der Waals surface area contributed by atoms with Crippen molar-refractivity contribution in [3.8, 4) is 5.75 Å². The van der Waals surface area contributed by atoms with Crippen LogP contribution in [-0.4, -0.2) is 26.4 Å². The Morgan fingerprint density at radius 1 is 1.31 bits per heavy atom. The molecule has 0 aromatic heterocycles. The molecule has 3 heteroatoms. The van der Waals surface area contributed by atoms with E-state index in [4.69, 9.17) is 15.2 Å². The fourth-order valence-electron chi connectivity index (χ4n) is 1.45. The summed E-state index contributed by atoms with van der Waals surface area (Å²) in [7, 11) is 1.67. The zero-order valence-electron chi connectivity index (χ0n) is 10.1. The van der Waals surface area contributed by atoms with Crippen molar-refractivity contribution in [3.05, 3.63) is 29.8 Å². The van der Waals surface area contributed by atoms with Crippen LogP contribution in [0.15, 0.2) is 24.3 Å². The predicted octanol–water partition coefficient (Wildman–Crippen LogP) is 1.99. The molecular weight excluding hydrogens is 202 g/mol. The maximum Gasteiger partial charge on any atom is 0.119 e. The van der Waals surface area contributed by atoms with E-state index in [0.717, 1.165) is 18.6 Å². The molecule has 1 rings (SSSR count). The van der Waals surface area contributed by atoms with Crippen molar-refractivity contribution in [2.24, 2.45) is 5.73 Å². The zero-order chi connectivity index (χ0) is 11.8. The number of rotatable bonds is 7. The lowest BCUT2D eigenvalue weighted by molar-refractivity contribution is 0.146. The second-order valence-electron chi connectivity index (χ2n) is 3.86. The van der Waals surface area contributed by atoms with Crippen molar-refractivity contribution < 1.29 is 9.47 Å². The van der Waals surface area contributed by atoms with E-state index in [1.807, 2.05) is 18.2 Å². The highest BCUT2D eigenvalue weighted by atomic mass is 16.5. The Morgan fingerprint density at radius 3 is 2.81 bits per heavy atom. The molecular formula is C13H21NO2. The minimum atomic E-state index is 0.231. The third kappa shape index (κ3) is 4.64. The van der Waals surface area contributed by atoms with E-state index in [1.165, 1.54) is 5.56 Å². The number of methoxy groups -OCH3 is 1. The highest BCUT2D eigenvalue weighted by Crippen LogP contribution is 2.14. The Bertz CT molecular complexity index is 302. The van der Waals surface area contributed by atoms with Gasteiger partial charge in [0.1, 0.15) is 12.4 Å². The molecule has 2 N–H and O–H groups in total. The van der Waals surface area contributed by atoms with Crippen molar-refractivity contribution in [2.75, 3.05) is 20.3 Å². The SMILES string of the molecule is CCC(N)Cc1cccc(OCCOC)c1. The Kier molecular flexibility index (Phi) is 5.90. The summed E-state index contributed by atoms with van der Waals surface area (Å²) < 4.78 is 10.5. The highest BCUT2D eigenvalue weighted by molar-refractivity contribution is 5.29. The van der Waals surface area contributed by atoms with Gasteiger partial charge in [-0.1, -0.05) is 19.1 Å². The molecule has 0 radical (unpaired) electrons. The fraction of sp³-hybridized carbons (Fsp3) is 0.538. The van der Waals surface area contributed by atoms with Crippen LogP contribution >= 0.6 is 0 Å². The van der Waals surface area contributed by atoms with Gasteiger partial charge in [-0.2, -0.15) is 0 Å². The van der Waals surface area contributed by atoms with E-state index in [9.17, 15) is 0 Å². The van der Waals surface area contributed by atoms with Crippen LogP contribution in [0, 0.1) is 0 Å². The molecule has 1 aromatic rings. The Morgan fingerprint density at radius 2 is 2.12 bits per heavy atom. The normalized spacial score (nSPS) is 12.4. The first-order valence-electron chi connectivity index (χ1n) is 5.72. The molecule has 0 spiro atoms. The summed E-state index contributed by atoms with van der Waals surface area (Å²) in [6.07, 6.45) is 1.90. The molecule has 1 atom stereocenters. The van der Waals surface area contributed by atoms with E-state index >= 15 is 0 Å². The largest absolute Gasteiger partial charge is 0.491 e. The first-order valence-corrected chi connectivity index (χ1v) is 5.72. The minimum absolute atomic E-state index is 0.231. The van der Waals surface area contributed by atoms with E-state index in [2.05, 4.69) is 13.0 Å². The molecule has 0 saturated carbocycles. The van der Waals surface area contributed by atoms with Crippen LogP contribution in [0.25, 0.3) is 0 Å². The maximum absolute atomic E-state index is 5.92. The quantitative estimate of drug-likeness (QED) is 0.719. The fourth-order valence-corrected chi connectivity index (χ4v) is 1.45. The second-order valence-corrected chi connectivity index (χ2v) is 3.86. The first-order chi connectivity index (χ1) is 7.76. The van der Waals surface area contributed by atoms with E-state index < -0.39 is 0 Å². The summed E-state index contributed by atoms with van der Waals surface area (Å²) in [6, 6.07) is 8.31. The molecule has 0 amide bonds. The first kappa shape index (κ1) is 13.0. The molecule has 16 heavy (non-hydrogen) atoms. The summed E-state index contributed by atoms with van der Waals surface area (Å²) in [5, 5.41) is 0. The van der Waals surface area contributed by atoms with Gasteiger partial charge < -0.3 is 15.2 Å². The van der Waals surface area contributed by atoms with Crippen LogP contribution in [-0.2, 0) is 11.2 Å². The van der Waals surface area contributed by atoms with Crippen molar-refractivity contribution in [1.82, 2.24) is 0 Å². The van der Waals surface area contributed by atoms with Crippen LogP contribution in [0.3, 0.4) is 0 Å². The van der Waals surface area contributed by atoms with Crippen LogP contribution in [0.4, 0.5) is 0 Å². The summed E-state index contributed by atoms with van der Waals surface area (Å²) in [5.41, 5.74) is 7.14. The Labute approximate surface area is 97.6 Å². The van der Waals surface area contributed by atoms with Crippen LogP contribution in [0.1, 0.15) is 18.9 Å². The number of hydrogen-bond donors (Lipinski definition) is 1. The van der Waals surface area contributed by atoms with Gasteiger partial charge in [0.05, 0.1) is 6.61 Å². The molecule has 0 fully saturated rings. The van der Waals surface area contributed by atoms with Crippen LogP contribution in [0.5, 0.6) is 5.75 Å². The lowest BCUT2D eigenvalue weighted by atomic mass is 10.0. The lowest BCUT2D eigenvalue weighted by Gasteiger charge is -2.10. The third-order valence-corrected chi connectivity index (χ3v) is 2.48. The molecule has 0 aliphatic rings. The van der Waals surface area contributed by atoms with Gasteiger partial charge in [0.2, 0.25) is 0 Å². The topological polar surface area (TPSA) is 44.5 Å². The van der Waals surface area contributed by atoms with Gasteiger partial charge in [-0.3, -0.25) is 0 Å². The van der Waals surface area contributed by atoms with Crippen molar-refractivity contribution >= 4 is 0 Å². The number of hydrogen-bond acceptors (Lipinski definition) is 3. The smallest absolute Gasteiger partial charge is 0.119 e. The molecule has 1 unspecified atom stereocenters. The summed E-state index contributed by atoms with van der Waals surface area (Å²) in [5.74, 6) is 0.887.